The number of carbonyl (C=O) groups excluding carboxylic acids is 1. The molecule has 1 atom stereocenters. The second-order valence-electron chi connectivity index (χ2n) is 9.04. The van der Waals surface area contributed by atoms with Crippen LogP contribution in [0.25, 0.3) is 10.9 Å². The monoisotopic (exact) mass is 488 g/mol. The van der Waals surface area contributed by atoms with Gasteiger partial charge >= 0.3 is 0 Å². The first kappa shape index (κ1) is 23.4. The standard InChI is InChI=1S/C28H29ClN4O2/c1-35-23-11-9-20(10-12-23)18-33-25-15-16-30-28(29)27(25)24(31-33)13-14-26(34)32-17-5-8-22(19-32)21-6-3-2-4-7-21/h2-4,6-7,9-12,15-16,22H,5,8,13-14,17-19H2,1H3. The molecule has 1 fully saturated rings. The van der Waals surface area contributed by atoms with Crippen molar-refractivity contribution < 1.29 is 9.53 Å². The summed E-state index contributed by atoms with van der Waals surface area (Å²) in [6, 6.07) is 20.4. The van der Waals surface area contributed by atoms with Crippen molar-refractivity contribution in [1.82, 2.24) is 19.7 Å². The van der Waals surface area contributed by atoms with Crippen molar-refractivity contribution in [3.05, 3.63) is 88.8 Å². The fourth-order valence-electron chi connectivity index (χ4n) is 4.94. The van der Waals surface area contributed by atoms with Crippen LogP contribution in [-0.4, -0.2) is 45.8 Å². The minimum atomic E-state index is 0.170. The zero-order valence-corrected chi connectivity index (χ0v) is 20.6. The minimum absolute atomic E-state index is 0.170. The summed E-state index contributed by atoms with van der Waals surface area (Å²) in [4.78, 5) is 19.4. The minimum Gasteiger partial charge on any atom is -0.497 e. The number of aromatic nitrogens is 3. The van der Waals surface area contributed by atoms with Gasteiger partial charge in [0.2, 0.25) is 5.91 Å². The van der Waals surface area contributed by atoms with Gasteiger partial charge < -0.3 is 9.64 Å². The molecule has 0 bridgehead atoms. The molecule has 180 valence electrons. The summed E-state index contributed by atoms with van der Waals surface area (Å²) in [7, 11) is 1.66. The smallest absolute Gasteiger partial charge is 0.222 e. The lowest BCUT2D eigenvalue weighted by Crippen LogP contribution is -2.39. The maximum atomic E-state index is 13.2. The highest BCUT2D eigenvalue weighted by atomic mass is 35.5. The van der Waals surface area contributed by atoms with Crippen LogP contribution in [0, 0.1) is 0 Å². The van der Waals surface area contributed by atoms with Crippen molar-refractivity contribution in [2.45, 2.75) is 38.1 Å². The van der Waals surface area contributed by atoms with E-state index < -0.39 is 0 Å². The number of benzene rings is 2. The van der Waals surface area contributed by atoms with E-state index in [1.807, 2.05) is 46.0 Å². The molecule has 1 unspecified atom stereocenters. The van der Waals surface area contributed by atoms with Gasteiger partial charge in [-0.25, -0.2) is 4.98 Å². The Morgan fingerprint density at radius 3 is 2.69 bits per heavy atom. The molecule has 6 nitrogen and oxygen atoms in total. The molecule has 4 aromatic rings. The van der Waals surface area contributed by atoms with Crippen molar-refractivity contribution in [3.8, 4) is 5.75 Å². The average molecular weight is 489 g/mol. The van der Waals surface area contributed by atoms with Crippen molar-refractivity contribution in [2.24, 2.45) is 0 Å². The second kappa shape index (κ2) is 10.5. The quantitative estimate of drug-likeness (QED) is 0.323. The van der Waals surface area contributed by atoms with Crippen molar-refractivity contribution in [1.29, 1.82) is 0 Å². The third-order valence-electron chi connectivity index (χ3n) is 6.80. The average Bonchev–Trinajstić information content (AvgIpc) is 3.26. The molecule has 2 aromatic carbocycles. The number of hydrogen-bond acceptors (Lipinski definition) is 4. The highest BCUT2D eigenvalue weighted by Crippen LogP contribution is 2.29. The summed E-state index contributed by atoms with van der Waals surface area (Å²) in [5.74, 6) is 1.39. The van der Waals surface area contributed by atoms with E-state index in [0.717, 1.165) is 53.8 Å². The lowest BCUT2D eigenvalue weighted by Gasteiger charge is -2.33. The molecule has 0 radical (unpaired) electrons. The van der Waals surface area contributed by atoms with Crippen LogP contribution in [0.2, 0.25) is 5.15 Å². The molecule has 1 aliphatic heterocycles. The van der Waals surface area contributed by atoms with E-state index in [9.17, 15) is 4.79 Å². The van der Waals surface area contributed by atoms with E-state index in [1.165, 1.54) is 5.56 Å². The molecule has 3 heterocycles. The third kappa shape index (κ3) is 5.17. The van der Waals surface area contributed by atoms with E-state index in [0.29, 0.717) is 30.5 Å². The Labute approximate surface area is 210 Å². The summed E-state index contributed by atoms with van der Waals surface area (Å²) < 4.78 is 7.20. The lowest BCUT2D eigenvalue weighted by molar-refractivity contribution is -0.132. The third-order valence-corrected chi connectivity index (χ3v) is 7.09. The topological polar surface area (TPSA) is 60.3 Å². The number of amides is 1. The number of nitrogens with zero attached hydrogens (tertiary/aromatic N) is 4. The molecule has 1 aliphatic rings. The van der Waals surface area contributed by atoms with Gasteiger partial charge in [0.05, 0.1) is 30.3 Å². The molecular weight excluding hydrogens is 460 g/mol. The molecule has 0 N–H and O–H groups in total. The van der Waals surface area contributed by atoms with Gasteiger partial charge in [-0.2, -0.15) is 5.10 Å². The largest absolute Gasteiger partial charge is 0.497 e. The van der Waals surface area contributed by atoms with Gasteiger partial charge in [0, 0.05) is 38.0 Å². The van der Waals surface area contributed by atoms with E-state index in [1.54, 1.807) is 13.3 Å². The highest BCUT2D eigenvalue weighted by molar-refractivity contribution is 6.34. The molecule has 0 saturated carbocycles. The Morgan fingerprint density at radius 2 is 1.91 bits per heavy atom. The summed E-state index contributed by atoms with van der Waals surface area (Å²) in [6.45, 7) is 2.19. The number of hydrogen-bond donors (Lipinski definition) is 0. The second-order valence-corrected chi connectivity index (χ2v) is 9.40. The Balaban J connectivity index is 1.31. The van der Waals surface area contributed by atoms with Gasteiger partial charge in [0.25, 0.3) is 0 Å². The number of likely N-dealkylation sites (tertiary alicyclic amines) is 1. The number of piperidine rings is 1. The number of fused-ring (bicyclic) bond motifs is 1. The van der Waals surface area contributed by atoms with Crippen LogP contribution in [0.4, 0.5) is 0 Å². The zero-order chi connectivity index (χ0) is 24.2. The maximum absolute atomic E-state index is 13.2. The molecule has 0 aliphatic carbocycles. The van der Waals surface area contributed by atoms with Gasteiger partial charge in [-0.15, -0.1) is 0 Å². The van der Waals surface area contributed by atoms with Gasteiger partial charge in [0.15, 0.2) is 0 Å². The summed E-state index contributed by atoms with van der Waals surface area (Å²) >= 11 is 6.49. The van der Waals surface area contributed by atoms with Gasteiger partial charge in [-0.1, -0.05) is 54.1 Å². The zero-order valence-electron chi connectivity index (χ0n) is 19.9. The first-order chi connectivity index (χ1) is 17.1. The van der Waals surface area contributed by atoms with Crippen LogP contribution in [0.1, 0.15) is 42.0 Å². The predicted molar refractivity (Wildman–Crippen MR) is 138 cm³/mol. The fourth-order valence-corrected chi connectivity index (χ4v) is 5.20. The summed E-state index contributed by atoms with van der Waals surface area (Å²) in [6.07, 6.45) is 4.78. The normalized spacial score (nSPS) is 15.9. The van der Waals surface area contributed by atoms with E-state index in [-0.39, 0.29) is 5.91 Å². The molecule has 1 saturated heterocycles. The first-order valence-corrected chi connectivity index (χ1v) is 12.5. The molecular formula is C28H29ClN4O2. The Hall–Kier alpha value is -3.38. The Morgan fingerprint density at radius 1 is 1.11 bits per heavy atom. The van der Waals surface area contributed by atoms with Crippen molar-refractivity contribution >= 4 is 28.4 Å². The van der Waals surface area contributed by atoms with Crippen LogP contribution in [0.15, 0.2) is 66.9 Å². The van der Waals surface area contributed by atoms with Gasteiger partial charge in [-0.05, 0) is 42.2 Å². The molecule has 7 heteroatoms. The van der Waals surface area contributed by atoms with E-state index in [2.05, 4.69) is 29.2 Å². The maximum Gasteiger partial charge on any atom is 0.222 e. The van der Waals surface area contributed by atoms with Crippen molar-refractivity contribution in [3.63, 3.8) is 0 Å². The van der Waals surface area contributed by atoms with Gasteiger partial charge in [0.1, 0.15) is 10.9 Å². The number of halogens is 1. The van der Waals surface area contributed by atoms with E-state index >= 15 is 0 Å². The van der Waals surface area contributed by atoms with Crippen molar-refractivity contribution in [2.75, 3.05) is 20.2 Å². The Kier molecular flexibility index (Phi) is 7.00. The van der Waals surface area contributed by atoms with Crippen LogP contribution < -0.4 is 4.74 Å². The fraction of sp³-hybridized carbons (Fsp3) is 0.321. The van der Waals surface area contributed by atoms with E-state index in [4.69, 9.17) is 21.4 Å². The van der Waals surface area contributed by atoms with Crippen LogP contribution in [-0.2, 0) is 17.8 Å². The number of aryl methyl sites for hydroxylation is 1. The van der Waals surface area contributed by atoms with Crippen LogP contribution >= 0.6 is 11.6 Å². The van der Waals surface area contributed by atoms with Crippen LogP contribution in [0.3, 0.4) is 0 Å². The first-order valence-electron chi connectivity index (χ1n) is 12.1. The number of ether oxygens (including phenoxy) is 1. The summed E-state index contributed by atoms with van der Waals surface area (Å²) in [5.41, 5.74) is 4.15. The Bertz CT molecular complexity index is 1300. The van der Waals surface area contributed by atoms with Gasteiger partial charge in [-0.3, -0.25) is 9.48 Å². The lowest BCUT2D eigenvalue weighted by atomic mass is 9.90. The molecule has 2 aromatic heterocycles. The predicted octanol–water partition coefficient (Wildman–Crippen LogP) is 5.48. The molecule has 1 amide bonds. The number of methoxy groups -OCH3 is 1. The summed E-state index contributed by atoms with van der Waals surface area (Å²) in [5, 5.41) is 6.11. The molecule has 5 rings (SSSR count). The number of pyridine rings is 1. The molecule has 35 heavy (non-hydrogen) atoms. The highest BCUT2D eigenvalue weighted by Gasteiger charge is 2.25. The van der Waals surface area contributed by atoms with Crippen LogP contribution in [0.5, 0.6) is 5.75 Å². The number of rotatable bonds is 7. The SMILES string of the molecule is COc1ccc(Cn2nc(CCC(=O)N3CCCC(c4ccccc4)C3)c3c(Cl)nccc32)cc1. The molecule has 0 spiro atoms. The number of carbonyl (C=O) groups is 1.